The van der Waals surface area contributed by atoms with E-state index in [4.69, 9.17) is 22.4 Å². The molecule has 0 aliphatic heterocycles. The first-order valence-corrected chi connectivity index (χ1v) is 7.01. The number of carbonyl (C=O) groups excluding carboxylic acids is 1. The number of amides is 1. The molecule has 0 bridgehead atoms. The fourth-order valence-corrected chi connectivity index (χ4v) is 1.97. The maximum Gasteiger partial charge on any atom is 0.238 e. The molecule has 0 aliphatic carbocycles. The van der Waals surface area contributed by atoms with Crippen molar-refractivity contribution in [1.82, 2.24) is 4.90 Å². The van der Waals surface area contributed by atoms with E-state index in [1.807, 2.05) is 18.7 Å². The summed E-state index contributed by atoms with van der Waals surface area (Å²) in [5.41, 5.74) is 6.73. The van der Waals surface area contributed by atoms with Crippen LogP contribution in [-0.2, 0) is 4.79 Å². The van der Waals surface area contributed by atoms with Crippen molar-refractivity contribution in [3.63, 3.8) is 0 Å². The van der Waals surface area contributed by atoms with Crippen molar-refractivity contribution >= 4 is 28.9 Å². The Morgan fingerprint density at radius 3 is 2.80 bits per heavy atom. The van der Waals surface area contributed by atoms with E-state index in [1.165, 1.54) is 0 Å². The molecule has 1 aromatic carbocycles. The Morgan fingerprint density at radius 1 is 1.50 bits per heavy atom. The van der Waals surface area contributed by atoms with E-state index in [0.717, 1.165) is 0 Å². The predicted molar refractivity (Wildman–Crippen MR) is 82.9 cm³/mol. The van der Waals surface area contributed by atoms with Gasteiger partial charge in [0.25, 0.3) is 0 Å². The number of hydrogen-bond acceptors (Lipinski definition) is 4. The van der Waals surface area contributed by atoms with Crippen LogP contribution in [0.3, 0.4) is 0 Å². The van der Waals surface area contributed by atoms with E-state index in [1.54, 1.807) is 18.2 Å². The van der Waals surface area contributed by atoms with Crippen LogP contribution in [0.2, 0.25) is 5.02 Å². The van der Waals surface area contributed by atoms with Gasteiger partial charge in [-0.2, -0.15) is 0 Å². The number of nitrogens with zero attached hydrogens (tertiary/aromatic N) is 1. The highest BCUT2D eigenvalue weighted by molar-refractivity contribution is 6.33. The molecule has 0 saturated carbocycles. The number of anilines is 2. The highest BCUT2D eigenvalue weighted by atomic mass is 35.5. The zero-order valence-electron chi connectivity index (χ0n) is 11.9. The molecule has 0 spiro atoms. The van der Waals surface area contributed by atoms with Crippen LogP contribution in [0.15, 0.2) is 18.2 Å². The number of rotatable bonds is 7. The highest BCUT2D eigenvalue weighted by Gasteiger charge is 2.14. The zero-order chi connectivity index (χ0) is 15.1. The summed E-state index contributed by atoms with van der Waals surface area (Å²) in [7, 11) is 0. The lowest BCUT2D eigenvalue weighted by Crippen LogP contribution is -2.39. The van der Waals surface area contributed by atoms with Crippen molar-refractivity contribution in [3.8, 4) is 0 Å². The van der Waals surface area contributed by atoms with E-state index in [9.17, 15) is 4.79 Å². The molecule has 1 amide bonds. The van der Waals surface area contributed by atoms with E-state index in [2.05, 4.69) is 5.32 Å². The van der Waals surface area contributed by atoms with Crippen molar-refractivity contribution in [2.24, 2.45) is 0 Å². The summed E-state index contributed by atoms with van der Waals surface area (Å²) in [6.45, 7) is 5.07. The van der Waals surface area contributed by atoms with Crippen LogP contribution in [0.5, 0.6) is 0 Å². The minimum atomic E-state index is -0.149. The SMILES string of the molecule is CC(C)N(CCCO)CC(=O)Nc1cc(N)ccc1Cl. The largest absolute Gasteiger partial charge is 0.399 e. The van der Waals surface area contributed by atoms with Gasteiger partial charge in [-0.1, -0.05) is 11.6 Å². The molecule has 5 nitrogen and oxygen atoms in total. The van der Waals surface area contributed by atoms with Crippen LogP contribution in [0.4, 0.5) is 11.4 Å². The molecule has 20 heavy (non-hydrogen) atoms. The van der Waals surface area contributed by atoms with Crippen LogP contribution in [0, 0.1) is 0 Å². The fourth-order valence-electron chi connectivity index (χ4n) is 1.81. The normalized spacial score (nSPS) is 11.1. The van der Waals surface area contributed by atoms with Gasteiger partial charge in [-0.3, -0.25) is 9.69 Å². The summed E-state index contributed by atoms with van der Waals surface area (Å²) in [5, 5.41) is 12.1. The minimum Gasteiger partial charge on any atom is -0.399 e. The number of nitrogens with one attached hydrogen (secondary N) is 1. The first-order chi connectivity index (χ1) is 9.43. The number of aliphatic hydroxyl groups is 1. The Bertz CT molecular complexity index is 452. The van der Waals surface area contributed by atoms with Gasteiger partial charge in [-0.15, -0.1) is 0 Å². The topological polar surface area (TPSA) is 78.6 Å². The zero-order valence-corrected chi connectivity index (χ0v) is 12.7. The second kappa shape index (κ2) is 8.09. The van der Waals surface area contributed by atoms with Gasteiger partial charge in [0.15, 0.2) is 0 Å². The maximum atomic E-state index is 12.0. The third kappa shape index (κ3) is 5.36. The number of hydrogen-bond donors (Lipinski definition) is 3. The molecule has 112 valence electrons. The van der Waals surface area contributed by atoms with Gasteiger partial charge < -0.3 is 16.2 Å². The lowest BCUT2D eigenvalue weighted by molar-refractivity contribution is -0.117. The van der Waals surface area contributed by atoms with E-state index >= 15 is 0 Å². The summed E-state index contributed by atoms with van der Waals surface area (Å²) in [6.07, 6.45) is 0.643. The van der Waals surface area contributed by atoms with Gasteiger partial charge in [0.05, 0.1) is 17.3 Å². The molecule has 0 heterocycles. The van der Waals surface area contributed by atoms with Crippen LogP contribution in [0.25, 0.3) is 0 Å². The summed E-state index contributed by atoms with van der Waals surface area (Å²) in [4.78, 5) is 14.0. The summed E-state index contributed by atoms with van der Waals surface area (Å²) < 4.78 is 0. The van der Waals surface area contributed by atoms with E-state index in [-0.39, 0.29) is 25.1 Å². The molecule has 0 saturated heterocycles. The van der Waals surface area contributed by atoms with Gasteiger partial charge in [0.1, 0.15) is 0 Å². The smallest absolute Gasteiger partial charge is 0.238 e. The molecule has 0 unspecified atom stereocenters. The molecular formula is C14H22ClN3O2. The van der Waals surface area contributed by atoms with Crippen LogP contribution < -0.4 is 11.1 Å². The van der Waals surface area contributed by atoms with Gasteiger partial charge in [0, 0.05) is 24.9 Å². The fraction of sp³-hybridized carbons (Fsp3) is 0.500. The van der Waals surface area contributed by atoms with E-state index < -0.39 is 0 Å². The van der Waals surface area contributed by atoms with Crippen molar-refractivity contribution in [3.05, 3.63) is 23.2 Å². The Hall–Kier alpha value is -1.30. The van der Waals surface area contributed by atoms with E-state index in [0.29, 0.717) is 29.4 Å². The van der Waals surface area contributed by atoms with Crippen LogP contribution in [0.1, 0.15) is 20.3 Å². The minimum absolute atomic E-state index is 0.117. The molecule has 0 fully saturated rings. The standard InChI is InChI=1S/C14H22ClN3O2/c1-10(2)18(6-3-7-19)9-14(20)17-13-8-11(16)4-5-12(13)15/h4-5,8,10,19H,3,6-7,9,16H2,1-2H3,(H,17,20). The molecule has 0 aliphatic rings. The van der Waals surface area contributed by atoms with Crippen molar-refractivity contribution in [2.75, 3.05) is 30.7 Å². The number of nitrogens with two attached hydrogens (primary N) is 1. The Kier molecular flexibility index (Phi) is 6.78. The molecule has 4 N–H and O–H groups in total. The lowest BCUT2D eigenvalue weighted by Gasteiger charge is -2.25. The Labute approximate surface area is 124 Å². The van der Waals surface area contributed by atoms with Crippen LogP contribution >= 0.6 is 11.6 Å². The quantitative estimate of drug-likeness (QED) is 0.673. The number of benzene rings is 1. The van der Waals surface area contributed by atoms with Crippen molar-refractivity contribution < 1.29 is 9.90 Å². The molecule has 1 aromatic rings. The predicted octanol–water partition coefficient (Wildman–Crippen LogP) is 1.95. The van der Waals surface area contributed by atoms with Gasteiger partial charge >= 0.3 is 0 Å². The summed E-state index contributed by atoms with van der Waals surface area (Å²) >= 11 is 6.01. The van der Waals surface area contributed by atoms with Gasteiger partial charge in [0.2, 0.25) is 5.91 Å². The lowest BCUT2D eigenvalue weighted by atomic mass is 10.2. The number of halogens is 1. The van der Waals surface area contributed by atoms with Crippen molar-refractivity contribution in [2.45, 2.75) is 26.3 Å². The second-order valence-electron chi connectivity index (χ2n) is 4.93. The van der Waals surface area contributed by atoms with Crippen LogP contribution in [-0.4, -0.2) is 41.7 Å². The molecule has 0 aromatic heterocycles. The highest BCUT2D eigenvalue weighted by Crippen LogP contribution is 2.24. The molecule has 0 radical (unpaired) electrons. The first kappa shape index (κ1) is 16.8. The molecular weight excluding hydrogens is 278 g/mol. The average Bonchev–Trinajstić information content (AvgIpc) is 2.38. The third-order valence-electron chi connectivity index (χ3n) is 2.94. The average molecular weight is 300 g/mol. The Balaban J connectivity index is 2.63. The van der Waals surface area contributed by atoms with Gasteiger partial charge in [-0.05, 0) is 38.5 Å². The number of aliphatic hydroxyl groups excluding tert-OH is 1. The van der Waals surface area contributed by atoms with Crippen molar-refractivity contribution in [1.29, 1.82) is 0 Å². The summed E-state index contributed by atoms with van der Waals surface area (Å²) in [5.74, 6) is -0.149. The monoisotopic (exact) mass is 299 g/mol. The third-order valence-corrected chi connectivity index (χ3v) is 3.27. The summed E-state index contributed by atoms with van der Waals surface area (Å²) in [6, 6.07) is 5.19. The Morgan fingerprint density at radius 2 is 2.20 bits per heavy atom. The first-order valence-electron chi connectivity index (χ1n) is 6.63. The van der Waals surface area contributed by atoms with Gasteiger partial charge in [-0.25, -0.2) is 0 Å². The number of carbonyl (C=O) groups is 1. The second-order valence-corrected chi connectivity index (χ2v) is 5.34. The molecule has 0 atom stereocenters. The molecule has 1 rings (SSSR count). The maximum absolute atomic E-state index is 12.0. The molecule has 6 heteroatoms. The number of nitrogen functional groups attached to an aromatic ring is 1.